The Labute approximate surface area is 72.6 Å². The van der Waals surface area contributed by atoms with E-state index in [1.54, 1.807) is 0 Å². The maximum atomic E-state index is 9.84. The second-order valence-electron chi connectivity index (χ2n) is 3.11. The summed E-state index contributed by atoms with van der Waals surface area (Å²) in [7, 11) is 0. The minimum absolute atomic E-state index is 0.440. The number of piperidine rings is 1. The molecule has 0 amide bonds. The van der Waals surface area contributed by atoms with Crippen molar-refractivity contribution in [1.82, 2.24) is 5.32 Å². The van der Waals surface area contributed by atoms with Crippen molar-refractivity contribution in [2.45, 2.75) is 12.8 Å². The fraction of sp³-hybridized carbons (Fsp3) is 0.667. The first-order valence-corrected chi connectivity index (χ1v) is 4.26. The molecule has 1 rings (SSSR count). The van der Waals surface area contributed by atoms with Gasteiger partial charge >= 0.3 is 0 Å². The van der Waals surface area contributed by atoms with Crippen LogP contribution in [-0.4, -0.2) is 25.7 Å². The lowest BCUT2D eigenvalue weighted by Gasteiger charge is -2.23. The number of hydrogen-bond acceptors (Lipinski definition) is 3. The van der Waals surface area contributed by atoms with Crippen LogP contribution >= 0.6 is 0 Å². The van der Waals surface area contributed by atoms with Gasteiger partial charge in [0.15, 0.2) is 0 Å². The molecule has 0 radical (unpaired) electrons. The summed E-state index contributed by atoms with van der Waals surface area (Å²) in [6, 6.07) is 0. The molecule has 1 heterocycles. The SMILES string of the molecule is C=C(CN=C=O)C1CCCNC1. The van der Waals surface area contributed by atoms with Gasteiger partial charge in [0.1, 0.15) is 0 Å². The third-order valence-corrected chi connectivity index (χ3v) is 2.22. The van der Waals surface area contributed by atoms with Crippen molar-refractivity contribution in [1.29, 1.82) is 0 Å². The molecular formula is C9H14N2O. The highest BCUT2D eigenvalue weighted by molar-refractivity contribution is 5.33. The van der Waals surface area contributed by atoms with E-state index in [9.17, 15) is 4.79 Å². The monoisotopic (exact) mass is 166 g/mol. The molecule has 3 heteroatoms. The molecule has 0 aromatic heterocycles. The number of isocyanates is 1. The highest BCUT2D eigenvalue weighted by atomic mass is 16.1. The molecule has 1 saturated heterocycles. The molecule has 12 heavy (non-hydrogen) atoms. The first kappa shape index (κ1) is 9.17. The topological polar surface area (TPSA) is 41.5 Å². The van der Waals surface area contributed by atoms with Crippen LogP contribution in [0, 0.1) is 5.92 Å². The number of nitrogens with zero attached hydrogens (tertiary/aromatic N) is 1. The molecule has 0 aliphatic carbocycles. The molecule has 1 unspecified atom stereocenters. The van der Waals surface area contributed by atoms with Crippen LogP contribution < -0.4 is 5.32 Å². The van der Waals surface area contributed by atoms with E-state index in [0.29, 0.717) is 12.5 Å². The molecule has 1 aliphatic heterocycles. The first-order valence-electron chi connectivity index (χ1n) is 4.26. The normalized spacial score (nSPS) is 22.8. The summed E-state index contributed by atoms with van der Waals surface area (Å²) >= 11 is 0. The van der Waals surface area contributed by atoms with E-state index in [2.05, 4.69) is 16.9 Å². The van der Waals surface area contributed by atoms with Gasteiger partial charge in [0.05, 0.1) is 6.54 Å². The van der Waals surface area contributed by atoms with E-state index in [4.69, 9.17) is 0 Å². The zero-order valence-corrected chi connectivity index (χ0v) is 7.18. The van der Waals surface area contributed by atoms with Crippen molar-refractivity contribution >= 4 is 6.08 Å². The molecule has 3 nitrogen and oxygen atoms in total. The van der Waals surface area contributed by atoms with Crippen LogP contribution in [0.1, 0.15) is 12.8 Å². The molecule has 0 spiro atoms. The molecular weight excluding hydrogens is 152 g/mol. The molecule has 1 fully saturated rings. The van der Waals surface area contributed by atoms with Gasteiger partial charge in [-0.1, -0.05) is 12.2 Å². The van der Waals surface area contributed by atoms with E-state index in [-0.39, 0.29) is 0 Å². The predicted molar refractivity (Wildman–Crippen MR) is 47.7 cm³/mol. The Morgan fingerprint density at radius 3 is 3.17 bits per heavy atom. The van der Waals surface area contributed by atoms with Crippen LogP contribution in [0.3, 0.4) is 0 Å². The summed E-state index contributed by atoms with van der Waals surface area (Å²) < 4.78 is 0. The second kappa shape index (κ2) is 4.86. The smallest absolute Gasteiger partial charge is 0.235 e. The fourth-order valence-corrected chi connectivity index (χ4v) is 1.46. The maximum Gasteiger partial charge on any atom is 0.235 e. The largest absolute Gasteiger partial charge is 0.316 e. The van der Waals surface area contributed by atoms with Crippen LogP contribution in [0.15, 0.2) is 17.1 Å². The molecule has 0 aromatic rings. The van der Waals surface area contributed by atoms with Gasteiger partial charge in [0, 0.05) is 6.54 Å². The lowest BCUT2D eigenvalue weighted by atomic mass is 9.92. The minimum Gasteiger partial charge on any atom is -0.316 e. The van der Waals surface area contributed by atoms with Crippen molar-refractivity contribution in [3.8, 4) is 0 Å². The van der Waals surface area contributed by atoms with Crippen molar-refractivity contribution in [3.63, 3.8) is 0 Å². The second-order valence-corrected chi connectivity index (χ2v) is 3.11. The van der Waals surface area contributed by atoms with Gasteiger partial charge < -0.3 is 5.32 Å². The van der Waals surface area contributed by atoms with Crippen LogP contribution in [-0.2, 0) is 4.79 Å². The van der Waals surface area contributed by atoms with Gasteiger partial charge in [-0.05, 0) is 25.3 Å². The summed E-state index contributed by atoms with van der Waals surface area (Å²) in [5.41, 5.74) is 1.05. The molecule has 1 atom stereocenters. The van der Waals surface area contributed by atoms with Gasteiger partial charge in [0.2, 0.25) is 6.08 Å². The van der Waals surface area contributed by atoms with E-state index in [0.717, 1.165) is 18.7 Å². The van der Waals surface area contributed by atoms with Gasteiger partial charge in [-0.25, -0.2) is 9.79 Å². The van der Waals surface area contributed by atoms with E-state index >= 15 is 0 Å². The minimum atomic E-state index is 0.440. The Kier molecular flexibility index (Phi) is 3.71. The number of hydrogen-bond donors (Lipinski definition) is 1. The number of rotatable bonds is 3. The van der Waals surface area contributed by atoms with Crippen molar-refractivity contribution in [2.75, 3.05) is 19.6 Å². The summed E-state index contributed by atoms with van der Waals surface area (Å²) in [6.45, 7) is 6.42. The van der Waals surface area contributed by atoms with E-state index in [1.165, 1.54) is 18.9 Å². The zero-order valence-electron chi connectivity index (χ0n) is 7.18. The molecule has 66 valence electrons. The van der Waals surface area contributed by atoms with Crippen LogP contribution in [0.2, 0.25) is 0 Å². The lowest BCUT2D eigenvalue weighted by molar-refractivity contribution is 0.419. The predicted octanol–water partition coefficient (Wildman–Crippen LogP) is 0.878. The Balaban J connectivity index is 2.34. The van der Waals surface area contributed by atoms with Crippen molar-refractivity contribution < 1.29 is 4.79 Å². The van der Waals surface area contributed by atoms with Gasteiger partial charge in [-0.3, -0.25) is 0 Å². The maximum absolute atomic E-state index is 9.84. The van der Waals surface area contributed by atoms with Crippen LogP contribution in [0.25, 0.3) is 0 Å². The molecule has 1 N–H and O–H groups in total. The van der Waals surface area contributed by atoms with E-state index in [1.807, 2.05) is 0 Å². The molecule has 1 aliphatic rings. The third kappa shape index (κ3) is 2.61. The van der Waals surface area contributed by atoms with Crippen molar-refractivity contribution in [2.24, 2.45) is 10.9 Å². The highest BCUT2D eigenvalue weighted by Crippen LogP contribution is 2.17. The number of carbonyl (C=O) groups excluding carboxylic acids is 1. The van der Waals surface area contributed by atoms with Crippen LogP contribution in [0.4, 0.5) is 0 Å². The summed E-state index contributed by atoms with van der Waals surface area (Å²) in [6.07, 6.45) is 3.89. The number of aliphatic imine (C=N–C) groups is 1. The Bertz CT molecular complexity index is 201. The average molecular weight is 166 g/mol. The lowest BCUT2D eigenvalue weighted by Crippen LogP contribution is -2.31. The summed E-state index contributed by atoms with van der Waals surface area (Å²) in [4.78, 5) is 13.4. The standard InChI is InChI=1S/C9H14N2O/c1-8(5-11-7-12)9-3-2-4-10-6-9/h9-10H,1-6H2. The first-order chi connectivity index (χ1) is 5.84. The highest BCUT2D eigenvalue weighted by Gasteiger charge is 2.15. The van der Waals surface area contributed by atoms with E-state index < -0.39 is 0 Å². The third-order valence-electron chi connectivity index (χ3n) is 2.22. The molecule has 0 saturated carbocycles. The Morgan fingerprint density at radius 2 is 2.58 bits per heavy atom. The Hall–Kier alpha value is -0.920. The fourth-order valence-electron chi connectivity index (χ4n) is 1.46. The van der Waals surface area contributed by atoms with Gasteiger partial charge in [0.25, 0.3) is 0 Å². The Morgan fingerprint density at radius 1 is 1.75 bits per heavy atom. The van der Waals surface area contributed by atoms with Gasteiger partial charge in [-0.2, -0.15) is 0 Å². The molecule has 0 aromatic carbocycles. The van der Waals surface area contributed by atoms with Gasteiger partial charge in [-0.15, -0.1) is 0 Å². The van der Waals surface area contributed by atoms with Crippen molar-refractivity contribution in [3.05, 3.63) is 12.2 Å². The quantitative estimate of drug-likeness (QED) is 0.384. The van der Waals surface area contributed by atoms with Crippen LogP contribution in [0.5, 0.6) is 0 Å². The summed E-state index contributed by atoms with van der Waals surface area (Å²) in [5, 5.41) is 3.29. The zero-order chi connectivity index (χ0) is 8.81. The molecule has 0 bridgehead atoms. The number of nitrogens with one attached hydrogen (secondary N) is 1. The average Bonchev–Trinajstić information content (AvgIpc) is 2.15. The summed E-state index contributed by atoms with van der Waals surface area (Å²) in [5.74, 6) is 0.496.